The minimum atomic E-state index is -2.71. The lowest BCUT2D eigenvalue weighted by Gasteiger charge is -2.37. The monoisotopic (exact) mass is 401 g/mol. The minimum Gasteiger partial charge on any atom is -0.337 e. The smallest absolute Gasteiger partial charge is 0.280 e. The number of carbonyl (C=O) groups is 1. The highest BCUT2D eigenvalue weighted by molar-refractivity contribution is 5.92. The summed E-state index contributed by atoms with van der Waals surface area (Å²) >= 11 is 0. The Balaban J connectivity index is 1.69. The maximum atomic E-state index is 13.3. The second-order valence-corrected chi connectivity index (χ2v) is 7.44. The summed E-state index contributed by atoms with van der Waals surface area (Å²) in [5, 5.41) is 4.15. The van der Waals surface area contributed by atoms with E-state index in [0.29, 0.717) is 30.3 Å². The first-order chi connectivity index (χ1) is 13.8. The Morgan fingerprint density at radius 2 is 2.00 bits per heavy atom. The Labute approximate surface area is 166 Å². The van der Waals surface area contributed by atoms with Crippen molar-refractivity contribution in [2.24, 2.45) is 5.92 Å². The molecule has 10 heteroatoms. The van der Waals surface area contributed by atoms with Gasteiger partial charge >= 0.3 is 0 Å². The number of aromatic nitrogens is 6. The van der Waals surface area contributed by atoms with Gasteiger partial charge in [-0.1, -0.05) is 6.92 Å². The topological polar surface area (TPSA) is 89.2 Å². The number of aryl methyl sites for hydroxylation is 2. The fourth-order valence-corrected chi connectivity index (χ4v) is 3.86. The second kappa shape index (κ2) is 7.41. The quantitative estimate of drug-likeness (QED) is 0.670. The SMILES string of the molecule is Cc1cc(C(=O)N2CC[C@@H](C)[C@H](c3cc(C(F)F)nc4ncnn34)C2)nc(C)n1. The highest BCUT2D eigenvalue weighted by Gasteiger charge is 2.33. The van der Waals surface area contributed by atoms with E-state index >= 15 is 0 Å². The predicted molar refractivity (Wildman–Crippen MR) is 99.7 cm³/mol. The summed E-state index contributed by atoms with van der Waals surface area (Å²) in [5.41, 5.74) is 1.32. The molecule has 1 saturated heterocycles. The molecule has 8 nitrogen and oxygen atoms in total. The summed E-state index contributed by atoms with van der Waals surface area (Å²) in [7, 11) is 0. The van der Waals surface area contributed by atoms with Gasteiger partial charge in [-0.2, -0.15) is 10.1 Å². The van der Waals surface area contributed by atoms with Crippen LogP contribution in [0.3, 0.4) is 0 Å². The highest BCUT2D eigenvalue weighted by atomic mass is 19.3. The van der Waals surface area contributed by atoms with Gasteiger partial charge in [0.1, 0.15) is 23.5 Å². The first-order valence-corrected chi connectivity index (χ1v) is 9.43. The standard InChI is InChI=1S/C19H21F2N7O/c1-10-4-5-27(18(29)15-6-11(2)24-12(3)25-15)8-13(10)16-7-14(17(20)21)26-19-22-9-23-28(16)19/h6-7,9-10,13,17H,4-5,8H2,1-3H3/t10-,13-/m1/s1. The van der Waals surface area contributed by atoms with Crippen molar-refractivity contribution >= 4 is 11.7 Å². The normalized spacial score (nSPS) is 19.9. The van der Waals surface area contributed by atoms with Crippen molar-refractivity contribution in [2.45, 2.75) is 39.5 Å². The number of nitrogens with zero attached hydrogens (tertiary/aromatic N) is 7. The number of piperidine rings is 1. The molecule has 3 aromatic heterocycles. The first-order valence-electron chi connectivity index (χ1n) is 9.43. The number of hydrogen-bond acceptors (Lipinski definition) is 6. The van der Waals surface area contributed by atoms with Gasteiger partial charge in [0, 0.05) is 24.7 Å². The van der Waals surface area contributed by atoms with Gasteiger partial charge in [0.15, 0.2) is 0 Å². The molecule has 4 heterocycles. The van der Waals surface area contributed by atoms with E-state index in [0.717, 1.165) is 12.1 Å². The molecular weight excluding hydrogens is 380 g/mol. The van der Waals surface area contributed by atoms with Crippen LogP contribution in [0.25, 0.3) is 5.78 Å². The molecule has 152 valence electrons. The van der Waals surface area contributed by atoms with Crippen molar-refractivity contribution in [2.75, 3.05) is 13.1 Å². The number of likely N-dealkylation sites (tertiary alicyclic amines) is 1. The van der Waals surface area contributed by atoms with Gasteiger partial charge in [0.25, 0.3) is 18.1 Å². The van der Waals surface area contributed by atoms with Crippen LogP contribution in [0.1, 0.15) is 59.1 Å². The van der Waals surface area contributed by atoms with Crippen molar-refractivity contribution in [1.82, 2.24) is 34.4 Å². The molecule has 0 spiro atoms. The number of carbonyl (C=O) groups excluding carboxylic acids is 1. The number of alkyl halides is 2. The van der Waals surface area contributed by atoms with E-state index in [1.54, 1.807) is 17.9 Å². The van der Waals surface area contributed by atoms with Gasteiger partial charge in [-0.3, -0.25) is 4.79 Å². The Kier molecular flexibility index (Phi) is 4.93. The summed E-state index contributed by atoms with van der Waals surface area (Å²) in [6.07, 6.45) is -0.676. The fraction of sp³-hybridized carbons (Fsp3) is 0.474. The van der Waals surface area contributed by atoms with E-state index in [9.17, 15) is 13.6 Å². The highest BCUT2D eigenvalue weighted by Crippen LogP contribution is 2.34. The Morgan fingerprint density at radius 1 is 1.21 bits per heavy atom. The van der Waals surface area contributed by atoms with Crippen molar-refractivity contribution in [3.8, 4) is 0 Å². The van der Waals surface area contributed by atoms with Crippen LogP contribution < -0.4 is 0 Å². The second-order valence-electron chi connectivity index (χ2n) is 7.44. The number of halogens is 2. The molecule has 0 unspecified atom stereocenters. The zero-order chi connectivity index (χ0) is 20.7. The average Bonchev–Trinajstić information content (AvgIpc) is 3.15. The van der Waals surface area contributed by atoms with Crippen molar-refractivity contribution in [3.63, 3.8) is 0 Å². The zero-order valence-electron chi connectivity index (χ0n) is 16.4. The molecule has 0 bridgehead atoms. The van der Waals surface area contributed by atoms with Gasteiger partial charge in [-0.15, -0.1) is 0 Å². The average molecular weight is 401 g/mol. The number of fused-ring (bicyclic) bond motifs is 1. The van der Waals surface area contributed by atoms with Crippen LogP contribution in [0.2, 0.25) is 0 Å². The third-order valence-electron chi connectivity index (χ3n) is 5.33. The lowest BCUT2D eigenvalue weighted by molar-refractivity contribution is 0.0659. The van der Waals surface area contributed by atoms with E-state index in [1.807, 2.05) is 6.92 Å². The Hall–Kier alpha value is -3.04. The van der Waals surface area contributed by atoms with E-state index in [4.69, 9.17) is 0 Å². The maximum absolute atomic E-state index is 13.3. The first kappa shape index (κ1) is 19.3. The maximum Gasteiger partial charge on any atom is 0.280 e. The number of amides is 1. The molecule has 1 aliphatic heterocycles. The Bertz CT molecular complexity index is 1050. The molecule has 3 aromatic rings. The molecule has 0 aromatic carbocycles. The molecular formula is C19H21F2N7O. The molecule has 1 aliphatic rings. The van der Waals surface area contributed by atoms with Crippen LogP contribution in [0, 0.1) is 19.8 Å². The molecule has 0 aliphatic carbocycles. The van der Waals surface area contributed by atoms with Gasteiger partial charge in [-0.25, -0.2) is 28.2 Å². The molecule has 29 heavy (non-hydrogen) atoms. The van der Waals surface area contributed by atoms with Crippen molar-refractivity contribution in [1.29, 1.82) is 0 Å². The van der Waals surface area contributed by atoms with Crippen LogP contribution >= 0.6 is 0 Å². The zero-order valence-corrected chi connectivity index (χ0v) is 16.4. The lowest BCUT2D eigenvalue weighted by Crippen LogP contribution is -2.43. The molecule has 0 radical (unpaired) electrons. The molecule has 0 N–H and O–H groups in total. The van der Waals surface area contributed by atoms with Crippen LogP contribution in [-0.2, 0) is 0 Å². The lowest BCUT2D eigenvalue weighted by atomic mass is 9.84. The largest absolute Gasteiger partial charge is 0.337 e. The van der Waals surface area contributed by atoms with E-state index < -0.39 is 6.43 Å². The molecule has 0 saturated carbocycles. The van der Waals surface area contributed by atoms with E-state index in [2.05, 4.69) is 32.0 Å². The molecule has 4 rings (SSSR count). The minimum absolute atomic E-state index is 0.135. The van der Waals surface area contributed by atoms with Gasteiger partial charge in [0.2, 0.25) is 0 Å². The summed E-state index contributed by atoms with van der Waals surface area (Å²) in [4.78, 5) is 31.1. The van der Waals surface area contributed by atoms with Crippen LogP contribution in [0.4, 0.5) is 8.78 Å². The van der Waals surface area contributed by atoms with Crippen LogP contribution in [0.5, 0.6) is 0 Å². The third kappa shape index (κ3) is 3.66. The van der Waals surface area contributed by atoms with Crippen LogP contribution in [0.15, 0.2) is 18.5 Å². The van der Waals surface area contributed by atoms with Gasteiger partial charge in [-0.05, 0) is 38.3 Å². The van der Waals surface area contributed by atoms with Gasteiger partial charge < -0.3 is 4.90 Å². The molecule has 1 amide bonds. The summed E-state index contributed by atoms with van der Waals surface area (Å²) < 4.78 is 28.2. The van der Waals surface area contributed by atoms with Gasteiger partial charge in [0.05, 0.1) is 5.69 Å². The third-order valence-corrected chi connectivity index (χ3v) is 5.33. The van der Waals surface area contributed by atoms with Crippen molar-refractivity contribution in [3.05, 3.63) is 47.1 Å². The number of rotatable bonds is 3. The molecule has 1 fully saturated rings. The summed E-state index contributed by atoms with van der Waals surface area (Å²) in [6.45, 7) is 6.57. The summed E-state index contributed by atoms with van der Waals surface area (Å²) in [5.74, 6) is 0.481. The van der Waals surface area contributed by atoms with E-state index in [-0.39, 0.29) is 29.2 Å². The van der Waals surface area contributed by atoms with Crippen LogP contribution in [-0.4, -0.2) is 53.4 Å². The summed E-state index contributed by atoms with van der Waals surface area (Å²) in [6, 6.07) is 3.04. The van der Waals surface area contributed by atoms with Crippen molar-refractivity contribution < 1.29 is 13.6 Å². The fourth-order valence-electron chi connectivity index (χ4n) is 3.86. The molecule has 2 atom stereocenters. The Morgan fingerprint density at radius 3 is 2.72 bits per heavy atom. The predicted octanol–water partition coefficient (Wildman–Crippen LogP) is 2.73. The van der Waals surface area contributed by atoms with E-state index in [1.165, 1.54) is 16.9 Å². The number of hydrogen-bond donors (Lipinski definition) is 0.